The van der Waals surface area contributed by atoms with Crippen molar-refractivity contribution in [1.82, 2.24) is 14.8 Å². The Morgan fingerprint density at radius 3 is 2.60 bits per heavy atom. The second-order valence-electron chi connectivity index (χ2n) is 6.03. The molecule has 0 fully saturated rings. The maximum atomic E-state index is 10.8. The quantitative estimate of drug-likeness (QED) is 0.593. The molecule has 0 spiro atoms. The molecule has 0 amide bonds. The van der Waals surface area contributed by atoms with Gasteiger partial charge >= 0.3 is 5.97 Å². The maximum absolute atomic E-state index is 10.8. The average molecular weight is 420 g/mol. The summed E-state index contributed by atoms with van der Waals surface area (Å²) in [4.78, 5) is 10.8. The van der Waals surface area contributed by atoms with Crippen molar-refractivity contribution in [2.45, 2.75) is 31.5 Å². The largest absolute Gasteiger partial charge is 0.481 e. The molecular formula is C18H18BrN3O2S. The van der Waals surface area contributed by atoms with Crippen LogP contribution in [0.2, 0.25) is 0 Å². The lowest BCUT2D eigenvalue weighted by atomic mass is 9.93. The third-order valence-electron chi connectivity index (χ3n) is 4.00. The number of halogens is 1. The Bertz CT molecular complexity index is 924. The van der Waals surface area contributed by atoms with Crippen LogP contribution in [0.4, 0.5) is 0 Å². The van der Waals surface area contributed by atoms with Crippen molar-refractivity contribution >= 4 is 44.4 Å². The van der Waals surface area contributed by atoms with E-state index in [-0.39, 0.29) is 5.75 Å². The van der Waals surface area contributed by atoms with E-state index in [0.29, 0.717) is 22.4 Å². The van der Waals surface area contributed by atoms with Gasteiger partial charge in [0.25, 0.3) is 0 Å². The minimum Gasteiger partial charge on any atom is -0.481 e. The van der Waals surface area contributed by atoms with Crippen LogP contribution in [-0.2, 0) is 11.3 Å². The Morgan fingerprint density at radius 1 is 1.20 bits per heavy atom. The first-order valence-electron chi connectivity index (χ1n) is 7.91. The van der Waals surface area contributed by atoms with E-state index in [2.05, 4.69) is 70.3 Å². The van der Waals surface area contributed by atoms with Crippen LogP contribution >= 0.6 is 27.7 Å². The van der Waals surface area contributed by atoms with Gasteiger partial charge in [0, 0.05) is 0 Å². The second kappa shape index (κ2) is 7.58. The molecule has 0 saturated carbocycles. The summed E-state index contributed by atoms with van der Waals surface area (Å²) in [5.74, 6) is -0.470. The van der Waals surface area contributed by atoms with Gasteiger partial charge in [-0.25, -0.2) is 0 Å². The first kappa shape index (κ1) is 17.9. The van der Waals surface area contributed by atoms with Gasteiger partial charge in [-0.15, -0.1) is 10.2 Å². The monoisotopic (exact) mass is 419 g/mol. The third-order valence-corrected chi connectivity index (χ3v) is 5.53. The minimum absolute atomic E-state index is 0.0435. The Morgan fingerprint density at radius 2 is 1.92 bits per heavy atom. The standard InChI is InChI=1S/C18H18BrN3O2S/c1-11(2)13-8-7-12(14-5-3-4-6-15(13)14)9-22-17(19)20-21-18(22)25-10-16(23)24/h3-8,11H,9-10H2,1-2H3,(H,23,24). The predicted octanol–water partition coefficient (Wildman–Crippen LogP) is 4.54. The molecule has 1 N–H and O–H groups in total. The Labute approximate surface area is 158 Å². The van der Waals surface area contributed by atoms with Crippen LogP contribution in [0.1, 0.15) is 30.9 Å². The number of hydrogen-bond donors (Lipinski definition) is 1. The lowest BCUT2D eigenvalue weighted by molar-refractivity contribution is -0.133. The molecule has 1 heterocycles. The molecule has 0 aliphatic carbocycles. The number of hydrogen-bond acceptors (Lipinski definition) is 4. The molecule has 3 rings (SSSR count). The van der Waals surface area contributed by atoms with Crippen molar-refractivity contribution in [2.75, 3.05) is 5.75 Å². The SMILES string of the molecule is CC(C)c1ccc(Cn2c(Br)nnc2SCC(=O)O)c2ccccc12. The average Bonchev–Trinajstić information content (AvgIpc) is 2.93. The van der Waals surface area contributed by atoms with Gasteiger partial charge in [0.15, 0.2) is 5.16 Å². The zero-order valence-corrected chi connectivity index (χ0v) is 16.3. The summed E-state index contributed by atoms with van der Waals surface area (Å²) in [6.45, 7) is 4.96. The summed E-state index contributed by atoms with van der Waals surface area (Å²) >= 11 is 4.58. The van der Waals surface area contributed by atoms with Gasteiger partial charge in [-0.3, -0.25) is 9.36 Å². The number of fused-ring (bicyclic) bond motifs is 1. The van der Waals surface area contributed by atoms with E-state index in [4.69, 9.17) is 5.11 Å². The number of carboxylic acids is 1. The van der Waals surface area contributed by atoms with Crippen LogP contribution in [0.5, 0.6) is 0 Å². The number of aliphatic carboxylic acids is 1. The van der Waals surface area contributed by atoms with Gasteiger partial charge in [0.2, 0.25) is 4.73 Å². The number of aromatic nitrogens is 3. The molecule has 0 aliphatic heterocycles. The fraction of sp³-hybridized carbons (Fsp3) is 0.278. The van der Waals surface area contributed by atoms with Gasteiger partial charge < -0.3 is 5.11 Å². The van der Waals surface area contributed by atoms with Crippen LogP contribution in [0.15, 0.2) is 46.3 Å². The molecule has 0 atom stereocenters. The molecule has 3 aromatic rings. The van der Waals surface area contributed by atoms with Crippen LogP contribution in [0, 0.1) is 0 Å². The molecule has 25 heavy (non-hydrogen) atoms. The normalized spacial score (nSPS) is 11.4. The highest BCUT2D eigenvalue weighted by Gasteiger charge is 2.15. The first-order valence-corrected chi connectivity index (χ1v) is 9.69. The van der Waals surface area contributed by atoms with Crippen LogP contribution in [0.3, 0.4) is 0 Å². The van der Waals surface area contributed by atoms with Crippen molar-refractivity contribution < 1.29 is 9.90 Å². The van der Waals surface area contributed by atoms with E-state index in [1.807, 2.05) is 10.6 Å². The molecule has 0 aliphatic rings. The molecular weight excluding hydrogens is 402 g/mol. The fourth-order valence-corrected chi connectivity index (χ4v) is 3.98. The highest BCUT2D eigenvalue weighted by Crippen LogP contribution is 2.30. The van der Waals surface area contributed by atoms with Crippen molar-refractivity contribution in [3.05, 3.63) is 52.3 Å². The number of carbonyl (C=O) groups is 1. The molecule has 5 nitrogen and oxygen atoms in total. The molecule has 1 aromatic heterocycles. The Kier molecular flexibility index (Phi) is 5.44. The zero-order valence-electron chi connectivity index (χ0n) is 13.9. The van der Waals surface area contributed by atoms with E-state index < -0.39 is 5.97 Å². The van der Waals surface area contributed by atoms with Crippen molar-refractivity contribution in [2.24, 2.45) is 0 Å². The molecule has 7 heteroatoms. The lowest BCUT2D eigenvalue weighted by Crippen LogP contribution is -2.06. The number of benzene rings is 2. The van der Waals surface area contributed by atoms with E-state index in [1.165, 1.54) is 28.1 Å². The summed E-state index contributed by atoms with van der Waals surface area (Å²) in [6.07, 6.45) is 0. The molecule has 2 aromatic carbocycles. The summed E-state index contributed by atoms with van der Waals surface area (Å²) in [6, 6.07) is 12.7. The lowest BCUT2D eigenvalue weighted by Gasteiger charge is -2.15. The van der Waals surface area contributed by atoms with Gasteiger partial charge in [-0.05, 0) is 43.7 Å². The van der Waals surface area contributed by atoms with E-state index >= 15 is 0 Å². The Balaban J connectivity index is 2.01. The summed E-state index contributed by atoms with van der Waals surface area (Å²) in [7, 11) is 0. The van der Waals surface area contributed by atoms with E-state index in [1.54, 1.807) is 0 Å². The van der Waals surface area contributed by atoms with Crippen LogP contribution in [0.25, 0.3) is 10.8 Å². The molecule has 0 unspecified atom stereocenters. The van der Waals surface area contributed by atoms with Crippen molar-refractivity contribution in [3.8, 4) is 0 Å². The minimum atomic E-state index is -0.873. The van der Waals surface area contributed by atoms with Gasteiger partial charge in [-0.2, -0.15) is 0 Å². The highest BCUT2D eigenvalue weighted by atomic mass is 79.9. The van der Waals surface area contributed by atoms with Crippen molar-refractivity contribution in [3.63, 3.8) is 0 Å². The molecule has 130 valence electrons. The van der Waals surface area contributed by atoms with Crippen LogP contribution in [-0.4, -0.2) is 31.6 Å². The summed E-state index contributed by atoms with van der Waals surface area (Å²) in [5, 5.41) is 20.0. The predicted molar refractivity (Wildman–Crippen MR) is 103 cm³/mol. The van der Waals surface area contributed by atoms with Crippen molar-refractivity contribution in [1.29, 1.82) is 0 Å². The number of thioether (sulfide) groups is 1. The molecule has 0 bridgehead atoms. The van der Waals surface area contributed by atoms with Gasteiger partial charge in [0.05, 0.1) is 12.3 Å². The summed E-state index contributed by atoms with van der Waals surface area (Å²) < 4.78 is 2.49. The van der Waals surface area contributed by atoms with E-state index in [0.717, 1.165) is 5.56 Å². The van der Waals surface area contributed by atoms with E-state index in [9.17, 15) is 4.79 Å². The smallest absolute Gasteiger partial charge is 0.313 e. The second-order valence-corrected chi connectivity index (χ2v) is 7.69. The zero-order chi connectivity index (χ0) is 18.0. The fourth-order valence-electron chi connectivity index (χ4n) is 2.83. The Hall–Kier alpha value is -1.86. The number of nitrogens with zero attached hydrogens (tertiary/aromatic N) is 3. The highest BCUT2D eigenvalue weighted by molar-refractivity contribution is 9.10. The number of rotatable bonds is 6. The third kappa shape index (κ3) is 3.88. The van der Waals surface area contributed by atoms with Crippen LogP contribution < -0.4 is 0 Å². The molecule has 0 radical (unpaired) electrons. The maximum Gasteiger partial charge on any atom is 0.313 e. The topological polar surface area (TPSA) is 68.0 Å². The number of carboxylic acid groups (broad SMARTS) is 1. The first-order chi connectivity index (χ1) is 12.0. The van der Waals surface area contributed by atoms with Gasteiger partial charge in [-0.1, -0.05) is 62.0 Å². The summed E-state index contributed by atoms with van der Waals surface area (Å²) in [5.41, 5.74) is 2.47. The van der Waals surface area contributed by atoms with Gasteiger partial charge in [0.1, 0.15) is 0 Å². The molecule has 0 saturated heterocycles.